The highest BCUT2D eigenvalue weighted by molar-refractivity contribution is 5.78. The van der Waals surface area contributed by atoms with E-state index in [2.05, 4.69) is 5.32 Å². The van der Waals surface area contributed by atoms with Crippen LogP contribution >= 0.6 is 0 Å². The van der Waals surface area contributed by atoms with Crippen LogP contribution in [0.4, 0.5) is 13.2 Å². The van der Waals surface area contributed by atoms with Gasteiger partial charge in [0, 0.05) is 6.04 Å². The van der Waals surface area contributed by atoms with E-state index in [1.807, 2.05) is 42.6 Å². The van der Waals surface area contributed by atoms with E-state index in [1.165, 1.54) is 0 Å². The molecular formula is C13H17F3N2O. The van der Waals surface area contributed by atoms with Crippen molar-refractivity contribution < 1.29 is 18.0 Å². The predicted octanol–water partition coefficient (Wildman–Crippen LogP) is 2.41. The van der Waals surface area contributed by atoms with Gasteiger partial charge in [0.25, 0.3) is 0 Å². The average molecular weight is 274 g/mol. The van der Waals surface area contributed by atoms with Crippen LogP contribution in [0.25, 0.3) is 0 Å². The summed E-state index contributed by atoms with van der Waals surface area (Å²) < 4.78 is 35.7. The van der Waals surface area contributed by atoms with Gasteiger partial charge in [-0.15, -0.1) is 0 Å². The predicted molar refractivity (Wildman–Crippen MR) is 66.5 cm³/mol. The Kier molecular flexibility index (Phi) is 5.82. The number of rotatable bonds is 6. The molecule has 0 aliphatic carbocycles. The molecule has 2 N–H and O–H groups in total. The molecule has 0 heterocycles. The lowest BCUT2D eigenvalue weighted by Gasteiger charge is -2.17. The minimum atomic E-state index is -4.38. The average Bonchev–Trinajstić information content (AvgIpc) is 2.37. The molecule has 0 radical (unpaired) electrons. The number of benzene rings is 1. The summed E-state index contributed by atoms with van der Waals surface area (Å²) in [4.78, 5) is 11.3. The third kappa shape index (κ3) is 6.24. The van der Waals surface area contributed by atoms with Gasteiger partial charge in [0.2, 0.25) is 5.91 Å². The van der Waals surface area contributed by atoms with Crippen molar-refractivity contribution in [2.45, 2.75) is 25.6 Å². The van der Waals surface area contributed by atoms with Crippen molar-refractivity contribution in [1.29, 1.82) is 0 Å². The second-order valence-corrected chi connectivity index (χ2v) is 4.14. The van der Waals surface area contributed by atoms with Crippen LogP contribution in [0.3, 0.4) is 0 Å². The SMILES string of the molecule is CCC(NCC(=O)NCC(F)(F)F)c1ccccc1. The second-order valence-electron chi connectivity index (χ2n) is 4.14. The Balaban J connectivity index is 2.40. The Morgan fingerprint density at radius 2 is 1.89 bits per heavy atom. The highest BCUT2D eigenvalue weighted by Gasteiger charge is 2.27. The second kappa shape index (κ2) is 7.13. The number of alkyl halides is 3. The third-order valence-corrected chi connectivity index (χ3v) is 2.61. The van der Waals surface area contributed by atoms with Gasteiger partial charge in [-0.3, -0.25) is 4.79 Å². The Labute approximate surface area is 110 Å². The van der Waals surface area contributed by atoms with Crippen LogP contribution in [0.2, 0.25) is 0 Å². The monoisotopic (exact) mass is 274 g/mol. The van der Waals surface area contributed by atoms with E-state index < -0.39 is 18.6 Å². The van der Waals surface area contributed by atoms with Crippen LogP contribution in [0.5, 0.6) is 0 Å². The summed E-state index contributed by atoms with van der Waals surface area (Å²) in [5.74, 6) is -0.660. The van der Waals surface area contributed by atoms with E-state index in [0.29, 0.717) is 0 Å². The minimum absolute atomic E-state index is 0.0437. The lowest BCUT2D eigenvalue weighted by atomic mass is 10.0. The van der Waals surface area contributed by atoms with Gasteiger partial charge in [0.05, 0.1) is 6.54 Å². The first kappa shape index (κ1) is 15.5. The maximum absolute atomic E-state index is 11.9. The Bertz CT molecular complexity index is 393. The maximum atomic E-state index is 11.9. The van der Waals surface area contributed by atoms with E-state index in [-0.39, 0.29) is 12.6 Å². The summed E-state index contributed by atoms with van der Waals surface area (Å²) >= 11 is 0. The molecule has 1 amide bonds. The molecule has 0 bridgehead atoms. The number of halogens is 3. The molecule has 19 heavy (non-hydrogen) atoms. The Hall–Kier alpha value is -1.56. The number of carbonyl (C=O) groups excluding carboxylic acids is 1. The number of nitrogens with one attached hydrogen (secondary N) is 2. The van der Waals surface area contributed by atoms with Crippen molar-refractivity contribution >= 4 is 5.91 Å². The third-order valence-electron chi connectivity index (χ3n) is 2.61. The fraction of sp³-hybridized carbons (Fsp3) is 0.462. The first-order chi connectivity index (χ1) is 8.92. The summed E-state index contributed by atoms with van der Waals surface area (Å²) in [7, 11) is 0. The van der Waals surface area contributed by atoms with Gasteiger partial charge in [-0.2, -0.15) is 13.2 Å². The van der Waals surface area contributed by atoms with Gasteiger partial charge in [-0.05, 0) is 12.0 Å². The standard InChI is InChI=1S/C13H17F3N2O/c1-2-11(10-6-4-3-5-7-10)17-8-12(19)18-9-13(14,15)16/h3-7,11,17H,2,8-9H2,1H3,(H,18,19). The first-order valence-corrected chi connectivity index (χ1v) is 6.04. The fourth-order valence-electron chi connectivity index (χ4n) is 1.66. The van der Waals surface area contributed by atoms with Crippen LogP contribution in [-0.4, -0.2) is 25.2 Å². The summed E-state index contributed by atoms with van der Waals surface area (Å²) in [6.07, 6.45) is -3.63. The molecule has 3 nitrogen and oxygen atoms in total. The topological polar surface area (TPSA) is 41.1 Å². The van der Waals surface area contributed by atoms with Crippen LogP contribution in [-0.2, 0) is 4.79 Å². The first-order valence-electron chi connectivity index (χ1n) is 6.04. The normalized spacial score (nSPS) is 13.1. The molecule has 0 saturated heterocycles. The van der Waals surface area contributed by atoms with Gasteiger partial charge < -0.3 is 10.6 Å². The molecule has 0 saturated carbocycles. The minimum Gasteiger partial charge on any atom is -0.346 e. The Morgan fingerprint density at radius 3 is 2.42 bits per heavy atom. The molecule has 1 aromatic rings. The number of amides is 1. The molecule has 1 aromatic carbocycles. The number of carbonyl (C=O) groups is 1. The summed E-state index contributed by atoms with van der Waals surface area (Å²) in [6, 6.07) is 9.42. The molecule has 1 rings (SSSR count). The van der Waals surface area contributed by atoms with Crippen LogP contribution < -0.4 is 10.6 Å². The zero-order chi connectivity index (χ0) is 14.3. The lowest BCUT2D eigenvalue weighted by molar-refractivity contribution is -0.137. The van der Waals surface area contributed by atoms with Gasteiger partial charge in [-0.1, -0.05) is 37.3 Å². The lowest BCUT2D eigenvalue weighted by Crippen LogP contribution is -2.40. The van der Waals surface area contributed by atoms with Gasteiger partial charge >= 0.3 is 6.18 Å². The maximum Gasteiger partial charge on any atom is 0.405 e. The zero-order valence-electron chi connectivity index (χ0n) is 10.6. The Morgan fingerprint density at radius 1 is 1.26 bits per heavy atom. The fourth-order valence-corrected chi connectivity index (χ4v) is 1.66. The highest BCUT2D eigenvalue weighted by atomic mass is 19.4. The number of hydrogen-bond donors (Lipinski definition) is 2. The van der Waals surface area contributed by atoms with E-state index in [1.54, 1.807) is 0 Å². The molecular weight excluding hydrogens is 257 g/mol. The van der Waals surface area contributed by atoms with Crippen LogP contribution in [0, 0.1) is 0 Å². The highest BCUT2D eigenvalue weighted by Crippen LogP contribution is 2.15. The summed E-state index contributed by atoms with van der Waals surface area (Å²) in [5, 5.41) is 4.77. The van der Waals surface area contributed by atoms with E-state index in [9.17, 15) is 18.0 Å². The van der Waals surface area contributed by atoms with Gasteiger partial charge in [-0.25, -0.2) is 0 Å². The summed E-state index contributed by atoms with van der Waals surface area (Å²) in [5.41, 5.74) is 1.01. The quantitative estimate of drug-likeness (QED) is 0.836. The van der Waals surface area contributed by atoms with E-state index >= 15 is 0 Å². The van der Waals surface area contributed by atoms with E-state index in [4.69, 9.17) is 0 Å². The van der Waals surface area contributed by atoms with Gasteiger partial charge in [0.1, 0.15) is 6.54 Å². The largest absolute Gasteiger partial charge is 0.405 e. The molecule has 0 aliphatic heterocycles. The molecule has 106 valence electrons. The van der Waals surface area contributed by atoms with Crippen molar-refractivity contribution in [3.63, 3.8) is 0 Å². The smallest absolute Gasteiger partial charge is 0.346 e. The molecule has 0 spiro atoms. The molecule has 0 aromatic heterocycles. The molecule has 0 aliphatic rings. The van der Waals surface area contributed by atoms with Crippen molar-refractivity contribution in [2.24, 2.45) is 0 Å². The van der Waals surface area contributed by atoms with Crippen molar-refractivity contribution in [3.05, 3.63) is 35.9 Å². The van der Waals surface area contributed by atoms with E-state index in [0.717, 1.165) is 12.0 Å². The zero-order valence-corrected chi connectivity index (χ0v) is 10.6. The molecule has 6 heteroatoms. The van der Waals surface area contributed by atoms with Crippen molar-refractivity contribution in [2.75, 3.05) is 13.1 Å². The molecule has 1 unspecified atom stereocenters. The van der Waals surface area contributed by atoms with Crippen molar-refractivity contribution in [3.8, 4) is 0 Å². The van der Waals surface area contributed by atoms with Crippen LogP contribution in [0.1, 0.15) is 24.9 Å². The number of hydrogen-bond acceptors (Lipinski definition) is 2. The van der Waals surface area contributed by atoms with Crippen molar-refractivity contribution in [1.82, 2.24) is 10.6 Å². The summed E-state index contributed by atoms with van der Waals surface area (Å²) in [6.45, 7) is 0.511. The molecule has 0 fully saturated rings. The van der Waals surface area contributed by atoms with Crippen LogP contribution in [0.15, 0.2) is 30.3 Å². The molecule has 1 atom stereocenters. The van der Waals surface area contributed by atoms with Gasteiger partial charge in [0.15, 0.2) is 0 Å².